The van der Waals surface area contributed by atoms with E-state index in [4.69, 9.17) is 5.73 Å². The van der Waals surface area contributed by atoms with E-state index in [0.717, 1.165) is 0 Å². The second-order valence-corrected chi connectivity index (χ2v) is 3.07. The predicted octanol–water partition coefficient (Wildman–Crippen LogP) is -0.724. The van der Waals surface area contributed by atoms with Crippen molar-refractivity contribution in [2.75, 3.05) is 0 Å². The maximum absolute atomic E-state index is 11.3. The third kappa shape index (κ3) is 1.73. The lowest BCUT2D eigenvalue weighted by Crippen LogP contribution is -2.12. The van der Waals surface area contributed by atoms with E-state index in [1.165, 1.54) is 17.2 Å². The third-order valence-corrected chi connectivity index (χ3v) is 1.77. The summed E-state index contributed by atoms with van der Waals surface area (Å²) in [6.07, 6.45) is 2.74. The van der Waals surface area contributed by atoms with E-state index in [1.54, 1.807) is 6.92 Å². The van der Waals surface area contributed by atoms with Crippen molar-refractivity contribution in [1.29, 1.82) is 0 Å². The fraction of sp³-hybridized carbons (Fsp3) is 0.222. The summed E-state index contributed by atoms with van der Waals surface area (Å²) in [5.41, 5.74) is 5.69. The fourth-order valence-electron chi connectivity index (χ4n) is 1.10. The molecule has 0 bridgehead atoms. The van der Waals surface area contributed by atoms with Crippen LogP contribution in [0, 0.1) is 12.0 Å². The summed E-state index contributed by atoms with van der Waals surface area (Å²) < 4.78 is 1.34. The van der Waals surface area contributed by atoms with Crippen molar-refractivity contribution < 1.29 is 0 Å². The Balaban J connectivity index is 2.61. The van der Waals surface area contributed by atoms with E-state index in [2.05, 4.69) is 27.0 Å². The maximum atomic E-state index is 11.3. The van der Waals surface area contributed by atoms with Gasteiger partial charge in [-0.15, -0.1) is 0 Å². The van der Waals surface area contributed by atoms with Gasteiger partial charge in [0.05, 0.1) is 18.6 Å². The largest absolute Gasteiger partial charge is 0.318 e. The van der Waals surface area contributed by atoms with E-state index >= 15 is 0 Å². The second-order valence-electron chi connectivity index (χ2n) is 3.07. The molecule has 0 saturated carbocycles. The lowest BCUT2D eigenvalue weighted by atomic mass is 10.4. The quantitative estimate of drug-likeness (QED) is 0.553. The Labute approximate surface area is 85.1 Å². The summed E-state index contributed by atoms with van der Waals surface area (Å²) >= 11 is 0. The number of hydrogen-bond donors (Lipinski definition) is 2. The van der Waals surface area contributed by atoms with Crippen molar-refractivity contribution in [2.45, 2.75) is 13.0 Å². The van der Waals surface area contributed by atoms with Crippen LogP contribution in [0.3, 0.4) is 0 Å². The Morgan fingerprint density at radius 1 is 1.67 bits per heavy atom. The average molecular weight is 203 g/mol. The molecule has 6 nitrogen and oxygen atoms in total. The number of aromatic nitrogens is 4. The van der Waals surface area contributed by atoms with Gasteiger partial charge in [0.15, 0.2) is 5.65 Å². The minimum atomic E-state index is -0.244. The Morgan fingerprint density at radius 3 is 3.20 bits per heavy atom. The number of fused-ring (bicyclic) bond motifs is 1. The standard InChI is InChI=1S/C9H9N5O/c1-6(10)2-3-14-8-7(4-13-14)9(15)12-5-11-8/h4-6H,10H2,1H3,(H,11,12,15). The molecule has 1 atom stereocenters. The molecule has 76 valence electrons. The minimum absolute atomic E-state index is 0.228. The first-order valence-electron chi connectivity index (χ1n) is 4.37. The van der Waals surface area contributed by atoms with Crippen molar-refractivity contribution >= 4 is 11.0 Å². The highest BCUT2D eigenvalue weighted by Crippen LogP contribution is 2.01. The van der Waals surface area contributed by atoms with Crippen LogP contribution in [0.5, 0.6) is 0 Å². The first kappa shape index (κ1) is 9.43. The number of H-pyrrole nitrogens is 1. The highest BCUT2D eigenvalue weighted by atomic mass is 16.1. The van der Waals surface area contributed by atoms with Crippen LogP contribution < -0.4 is 11.3 Å². The van der Waals surface area contributed by atoms with Gasteiger partial charge in [0.1, 0.15) is 5.39 Å². The van der Waals surface area contributed by atoms with Crippen LogP contribution in [-0.2, 0) is 0 Å². The zero-order valence-electron chi connectivity index (χ0n) is 8.06. The van der Waals surface area contributed by atoms with Gasteiger partial charge in [-0.25, -0.2) is 4.98 Å². The Hall–Kier alpha value is -2.13. The second kappa shape index (κ2) is 3.55. The molecule has 0 aromatic carbocycles. The average Bonchev–Trinajstić information content (AvgIpc) is 2.59. The van der Waals surface area contributed by atoms with Crippen molar-refractivity contribution in [2.24, 2.45) is 5.73 Å². The monoisotopic (exact) mass is 203 g/mol. The maximum Gasteiger partial charge on any atom is 0.261 e. The molecule has 2 rings (SSSR count). The molecule has 2 aromatic heterocycles. The molecule has 0 saturated heterocycles. The normalized spacial score (nSPS) is 12.1. The van der Waals surface area contributed by atoms with Crippen LogP contribution in [0.4, 0.5) is 0 Å². The summed E-state index contributed by atoms with van der Waals surface area (Å²) in [6.45, 7) is 1.76. The number of aromatic amines is 1. The number of nitrogens with zero attached hydrogens (tertiary/aromatic N) is 3. The molecule has 0 aliphatic heterocycles. The summed E-state index contributed by atoms with van der Waals surface area (Å²) in [4.78, 5) is 17.7. The van der Waals surface area contributed by atoms with Crippen LogP contribution in [0.15, 0.2) is 17.3 Å². The van der Waals surface area contributed by atoms with Gasteiger partial charge in [-0.1, -0.05) is 5.92 Å². The molecule has 15 heavy (non-hydrogen) atoms. The van der Waals surface area contributed by atoms with Crippen LogP contribution in [0.25, 0.3) is 11.0 Å². The fourth-order valence-corrected chi connectivity index (χ4v) is 1.10. The molecule has 0 spiro atoms. The van der Waals surface area contributed by atoms with Gasteiger partial charge in [-0.05, 0) is 6.92 Å². The molecule has 2 heterocycles. The van der Waals surface area contributed by atoms with Crippen molar-refractivity contribution in [3.63, 3.8) is 0 Å². The van der Waals surface area contributed by atoms with Gasteiger partial charge in [0.25, 0.3) is 5.56 Å². The molecule has 0 amide bonds. The highest BCUT2D eigenvalue weighted by Gasteiger charge is 2.04. The smallest absolute Gasteiger partial charge is 0.261 e. The third-order valence-electron chi connectivity index (χ3n) is 1.77. The zero-order valence-corrected chi connectivity index (χ0v) is 8.06. The van der Waals surface area contributed by atoms with Gasteiger partial charge < -0.3 is 10.7 Å². The Kier molecular flexibility index (Phi) is 2.23. The van der Waals surface area contributed by atoms with E-state index in [-0.39, 0.29) is 11.6 Å². The topological polar surface area (TPSA) is 89.6 Å². The number of rotatable bonds is 0. The van der Waals surface area contributed by atoms with Gasteiger partial charge >= 0.3 is 0 Å². The Morgan fingerprint density at radius 2 is 2.47 bits per heavy atom. The summed E-state index contributed by atoms with van der Waals surface area (Å²) in [5, 5.41) is 4.35. The molecule has 3 N–H and O–H groups in total. The van der Waals surface area contributed by atoms with Gasteiger partial charge in [0.2, 0.25) is 0 Å². The molecule has 6 heteroatoms. The summed E-state index contributed by atoms with van der Waals surface area (Å²) in [5.74, 6) is 2.74. The Bertz CT molecular complexity index is 598. The minimum Gasteiger partial charge on any atom is -0.318 e. The molecule has 0 fully saturated rings. The highest BCUT2D eigenvalue weighted by molar-refractivity contribution is 5.73. The van der Waals surface area contributed by atoms with Crippen LogP contribution in [-0.4, -0.2) is 25.8 Å². The first-order chi connectivity index (χ1) is 7.18. The number of hydrogen-bond acceptors (Lipinski definition) is 4. The van der Waals surface area contributed by atoms with Crippen LogP contribution in [0.1, 0.15) is 6.92 Å². The lowest BCUT2D eigenvalue weighted by molar-refractivity contribution is 0.910. The molecule has 2 aromatic rings. The van der Waals surface area contributed by atoms with E-state index in [9.17, 15) is 4.79 Å². The summed E-state index contributed by atoms with van der Waals surface area (Å²) in [6, 6.07) is 2.47. The molecule has 1 unspecified atom stereocenters. The SMILES string of the molecule is CC(N)C#Cn1ncc2c(=O)[nH]cnc21. The van der Waals surface area contributed by atoms with Crippen LogP contribution in [0.2, 0.25) is 0 Å². The van der Waals surface area contributed by atoms with Crippen molar-refractivity contribution in [3.8, 4) is 12.0 Å². The molecule has 0 aliphatic carbocycles. The van der Waals surface area contributed by atoms with Gasteiger partial charge in [-0.3, -0.25) is 4.79 Å². The van der Waals surface area contributed by atoms with Crippen LogP contribution >= 0.6 is 0 Å². The zero-order chi connectivity index (χ0) is 10.8. The molecule has 0 aliphatic rings. The van der Waals surface area contributed by atoms with Crippen molar-refractivity contribution in [3.05, 3.63) is 22.9 Å². The van der Waals surface area contributed by atoms with Gasteiger partial charge in [0, 0.05) is 6.04 Å². The molecular formula is C9H9N5O. The van der Waals surface area contributed by atoms with E-state index in [0.29, 0.717) is 11.0 Å². The predicted molar refractivity (Wildman–Crippen MR) is 55.0 cm³/mol. The first-order valence-corrected chi connectivity index (χ1v) is 4.37. The van der Waals surface area contributed by atoms with Crippen molar-refractivity contribution in [1.82, 2.24) is 19.7 Å². The van der Waals surface area contributed by atoms with E-state index < -0.39 is 0 Å². The number of nitrogens with two attached hydrogens (primary N) is 1. The van der Waals surface area contributed by atoms with E-state index in [1.807, 2.05) is 0 Å². The van der Waals surface area contributed by atoms with Gasteiger partial charge in [-0.2, -0.15) is 9.78 Å². The molecular weight excluding hydrogens is 194 g/mol. The lowest BCUT2D eigenvalue weighted by Gasteiger charge is -1.91. The summed E-state index contributed by atoms with van der Waals surface area (Å²) in [7, 11) is 0. The molecule has 0 radical (unpaired) electrons. The number of nitrogens with one attached hydrogen (secondary N) is 1.